The average Bonchev–Trinajstić information content (AvgIpc) is 2.47. The lowest BCUT2D eigenvalue weighted by Crippen LogP contribution is -1.97. The minimum atomic E-state index is 0.642. The van der Waals surface area contributed by atoms with Gasteiger partial charge in [-0.3, -0.25) is 0 Å². The van der Waals surface area contributed by atoms with Gasteiger partial charge in [-0.05, 0) is 59.4 Å². The standard InChI is InChI=1S/C12H18.C11H16/c1-9(2)11-7-5-6-8-12(11)10(3)4;1-8(2)11-9(3)6-5-7-10(11)4/h5-10H,1-4H3;5-8H,1-4H3. The zero-order chi connectivity index (χ0) is 17.6. The predicted octanol–water partition coefficient (Wildman–Crippen LogP) is 7.36. The molecule has 0 N–H and O–H groups in total. The van der Waals surface area contributed by atoms with Crippen molar-refractivity contribution in [1.82, 2.24) is 0 Å². The van der Waals surface area contributed by atoms with Gasteiger partial charge in [-0.15, -0.1) is 0 Å². The quantitative estimate of drug-likeness (QED) is 0.555. The van der Waals surface area contributed by atoms with Crippen molar-refractivity contribution in [1.29, 1.82) is 0 Å². The second-order valence-electron chi connectivity index (χ2n) is 7.40. The van der Waals surface area contributed by atoms with Crippen LogP contribution >= 0.6 is 0 Å². The Hall–Kier alpha value is -1.56. The van der Waals surface area contributed by atoms with Gasteiger partial charge in [0.25, 0.3) is 0 Å². The second-order valence-corrected chi connectivity index (χ2v) is 7.40. The van der Waals surface area contributed by atoms with Crippen molar-refractivity contribution in [3.05, 3.63) is 70.3 Å². The molecule has 0 heterocycles. The largest absolute Gasteiger partial charge is 0.0620 e. The Bertz CT molecular complexity index is 556. The Balaban J connectivity index is 0.000000231. The van der Waals surface area contributed by atoms with E-state index >= 15 is 0 Å². The van der Waals surface area contributed by atoms with Gasteiger partial charge < -0.3 is 0 Å². The van der Waals surface area contributed by atoms with Crippen LogP contribution in [0.15, 0.2) is 42.5 Å². The van der Waals surface area contributed by atoms with E-state index in [9.17, 15) is 0 Å². The van der Waals surface area contributed by atoms with E-state index in [2.05, 4.69) is 97.9 Å². The van der Waals surface area contributed by atoms with E-state index in [4.69, 9.17) is 0 Å². The van der Waals surface area contributed by atoms with Crippen molar-refractivity contribution in [2.75, 3.05) is 0 Å². The van der Waals surface area contributed by atoms with Crippen LogP contribution in [0.25, 0.3) is 0 Å². The monoisotopic (exact) mass is 310 g/mol. The molecular weight excluding hydrogens is 276 g/mol. The zero-order valence-corrected chi connectivity index (χ0v) is 16.3. The van der Waals surface area contributed by atoms with Crippen LogP contribution in [0.3, 0.4) is 0 Å². The van der Waals surface area contributed by atoms with E-state index < -0.39 is 0 Å². The van der Waals surface area contributed by atoms with Crippen LogP contribution in [0.1, 0.15) is 87.1 Å². The highest BCUT2D eigenvalue weighted by molar-refractivity contribution is 5.35. The highest BCUT2D eigenvalue weighted by atomic mass is 14.1. The lowest BCUT2D eigenvalue weighted by atomic mass is 9.91. The van der Waals surface area contributed by atoms with Gasteiger partial charge in [-0.25, -0.2) is 0 Å². The molecule has 0 heteroatoms. The Kier molecular flexibility index (Phi) is 7.55. The summed E-state index contributed by atoms with van der Waals surface area (Å²) in [5.74, 6) is 1.93. The molecule has 0 saturated heterocycles. The first-order valence-electron chi connectivity index (χ1n) is 8.90. The Morgan fingerprint density at radius 3 is 1.17 bits per heavy atom. The molecule has 0 amide bonds. The van der Waals surface area contributed by atoms with Crippen LogP contribution in [0.2, 0.25) is 0 Å². The molecule has 23 heavy (non-hydrogen) atoms. The van der Waals surface area contributed by atoms with Gasteiger partial charge in [-0.1, -0.05) is 84.0 Å². The minimum Gasteiger partial charge on any atom is -0.0620 e. The van der Waals surface area contributed by atoms with Crippen molar-refractivity contribution in [2.24, 2.45) is 0 Å². The number of rotatable bonds is 3. The molecule has 0 aliphatic heterocycles. The first-order chi connectivity index (χ1) is 10.8. The summed E-state index contributed by atoms with van der Waals surface area (Å²) in [5, 5.41) is 0. The molecule has 0 atom stereocenters. The predicted molar refractivity (Wildman–Crippen MR) is 105 cm³/mol. The van der Waals surface area contributed by atoms with Crippen LogP contribution in [0.4, 0.5) is 0 Å². The maximum Gasteiger partial charge on any atom is -0.0214 e. The van der Waals surface area contributed by atoms with Gasteiger partial charge in [0.1, 0.15) is 0 Å². The molecule has 0 unspecified atom stereocenters. The summed E-state index contributed by atoms with van der Waals surface area (Å²) in [7, 11) is 0. The fraction of sp³-hybridized carbons (Fsp3) is 0.478. The summed E-state index contributed by atoms with van der Waals surface area (Å²) in [5.41, 5.74) is 7.33. The van der Waals surface area contributed by atoms with Crippen molar-refractivity contribution >= 4 is 0 Å². The lowest BCUT2D eigenvalue weighted by Gasteiger charge is -2.14. The van der Waals surface area contributed by atoms with E-state index in [1.807, 2.05) is 0 Å². The third kappa shape index (κ3) is 5.53. The van der Waals surface area contributed by atoms with Crippen molar-refractivity contribution in [2.45, 2.75) is 73.1 Å². The number of benzene rings is 2. The van der Waals surface area contributed by atoms with Crippen LogP contribution in [-0.4, -0.2) is 0 Å². The van der Waals surface area contributed by atoms with Crippen molar-refractivity contribution < 1.29 is 0 Å². The topological polar surface area (TPSA) is 0 Å². The summed E-state index contributed by atoms with van der Waals surface area (Å²) in [6.07, 6.45) is 0. The molecule has 2 rings (SSSR count). The van der Waals surface area contributed by atoms with Crippen molar-refractivity contribution in [3.63, 3.8) is 0 Å². The molecule has 0 aromatic heterocycles. The van der Waals surface area contributed by atoms with Gasteiger partial charge >= 0.3 is 0 Å². The number of aryl methyl sites for hydroxylation is 2. The van der Waals surface area contributed by atoms with E-state index in [1.165, 1.54) is 27.8 Å². The molecule has 0 nitrogen and oxygen atoms in total. The summed E-state index contributed by atoms with van der Waals surface area (Å²) in [6.45, 7) is 17.9. The van der Waals surface area contributed by atoms with E-state index in [-0.39, 0.29) is 0 Å². The smallest absolute Gasteiger partial charge is 0.0214 e. The van der Waals surface area contributed by atoms with Crippen LogP contribution in [-0.2, 0) is 0 Å². The average molecular weight is 311 g/mol. The SMILES string of the molecule is CC(C)c1ccccc1C(C)C.Cc1cccc(C)c1C(C)C. The molecule has 0 aliphatic rings. The molecule has 0 spiro atoms. The first kappa shape index (κ1) is 19.5. The molecule has 0 saturated carbocycles. The lowest BCUT2D eigenvalue weighted by molar-refractivity contribution is 0.790. The molecule has 2 aromatic rings. The van der Waals surface area contributed by atoms with Gasteiger partial charge in [0.15, 0.2) is 0 Å². The first-order valence-corrected chi connectivity index (χ1v) is 8.90. The fourth-order valence-electron chi connectivity index (χ4n) is 3.30. The maximum absolute atomic E-state index is 2.25. The van der Waals surface area contributed by atoms with E-state index in [0.717, 1.165) is 0 Å². The highest BCUT2D eigenvalue weighted by Gasteiger charge is 2.07. The van der Waals surface area contributed by atoms with Crippen LogP contribution in [0.5, 0.6) is 0 Å². The molecule has 0 bridgehead atoms. The minimum absolute atomic E-state index is 0.642. The normalized spacial score (nSPS) is 10.9. The van der Waals surface area contributed by atoms with Crippen molar-refractivity contribution in [3.8, 4) is 0 Å². The van der Waals surface area contributed by atoms with Gasteiger partial charge in [0.2, 0.25) is 0 Å². The zero-order valence-electron chi connectivity index (χ0n) is 16.3. The fourth-order valence-corrected chi connectivity index (χ4v) is 3.30. The van der Waals surface area contributed by atoms with Crippen LogP contribution in [0, 0.1) is 13.8 Å². The van der Waals surface area contributed by atoms with Gasteiger partial charge in [0, 0.05) is 0 Å². The van der Waals surface area contributed by atoms with Gasteiger partial charge in [0.05, 0.1) is 0 Å². The Morgan fingerprint density at radius 1 is 0.522 bits per heavy atom. The van der Waals surface area contributed by atoms with E-state index in [1.54, 1.807) is 0 Å². The summed E-state index contributed by atoms with van der Waals surface area (Å²) >= 11 is 0. The van der Waals surface area contributed by atoms with Gasteiger partial charge in [-0.2, -0.15) is 0 Å². The Morgan fingerprint density at radius 2 is 0.913 bits per heavy atom. The molecule has 2 aromatic carbocycles. The highest BCUT2D eigenvalue weighted by Crippen LogP contribution is 2.25. The van der Waals surface area contributed by atoms with Crippen LogP contribution < -0.4 is 0 Å². The molecule has 0 radical (unpaired) electrons. The third-order valence-electron chi connectivity index (χ3n) is 4.36. The maximum atomic E-state index is 2.25. The number of hydrogen-bond donors (Lipinski definition) is 0. The third-order valence-corrected chi connectivity index (χ3v) is 4.36. The Labute approximate surface area is 144 Å². The molecule has 0 aliphatic carbocycles. The summed E-state index contributed by atoms with van der Waals surface area (Å²) < 4.78 is 0. The van der Waals surface area contributed by atoms with E-state index in [0.29, 0.717) is 17.8 Å². The summed E-state index contributed by atoms with van der Waals surface area (Å²) in [6, 6.07) is 15.2. The molecule has 0 fully saturated rings. The summed E-state index contributed by atoms with van der Waals surface area (Å²) in [4.78, 5) is 0. The number of hydrogen-bond acceptors (Lipinski definition) is 0. The second kappa shape index (κ2) is 8.91. The molecular formula is C23H34. The molecule has 126 valence electrons.